The van der Waals surface area contributed by atoms with E-state index in [1.165, 1.54) is 27.2 Å². The molecule has 0 unspecified atom stereocenters. The van der Waals surface area contributed by atoms with E-state index in [1.807, 2.05) is 0 Å². The van der Waals surface area contributed by atoms with E-state index < -0.39 is 0 Å². The van der Waals surface area contributed by atoms with E-state index in [2.05, 4.69) is 66.8 Å². The van der Waals surface area contributed by atoms with Gasteiger partial charge in [-0.05, 0) is 28.6 Å². The van der Waals surface area contributed by atoms with Gasteiger partial charge in [0.25, 0.3) is 0 Å². The van der Waals surface area contributed by atoms with Crippen molar-refractivity contribution in [3.8, 4) is 0 Å². The Morgan fingerprint density at radius 2 is 1.61 bits per heavy atom. The minimum atomic E-state index is 1.02. The molecule has 0 aliphatic carbocycles. The molecule has 1 heteroatoms. The van der Waals surface area contributed by atoms with Crippen LogP contribution in [0.5, 0.6) is 0 Å². The Hall–Kier alpha value is -2.02. The fourth-order valence-corrected chi connectivity index (χ4v) is 2.45. The van der Waals surface area contributed by atoms with Crippen LogP contribution in [0.1, 0.15) is 13.3 Å². The molecule has 0 amide bonds. The second kappa shape index (κ2) is 4.69. The second-order valence-corrected chi connectivity index (χ2v) is 4.61. The van der Waals surface area contributed by atoms with Crippen LogP contribution in [0.3, 0.4) is 0 Å². The summed E-state index contributed by atoms with van der Waals surface area (Å²) in [6, 6.07) is 19.5. The van der Waals surface area contributed by atoms with Gasteiger partial charge in [-0.25, -0.2) is 0 Å². The zero-order valence-electron chi connectivity index (χ0n) is 10.6. The van der Waals surface area contributed by atoms with Crippen LogP contribution in [-0.4, -0.2) is 6.54 Å². The summed E-state index contributed by atoms with van der Waals surface area (Å²) < 4.78 is 0. The van der Waals surface area contributed by atoms with Crippen LogP contribution in [0.25, 0.3) is 21.5 Å². The van der Waals surface area contributed by atoms with Gasteiger partial charge < -0.3 is 5.32 Å². The van der Waals surface area contributed by atoms with Gasteiger partial charge in [0, 0.05) is 17.6 Å². The van der Waals surface area contributed by atoms with Crippen molar-refractivity contribution in [2.24, 2.45) is 0 Å². The highest BCUT2D eigenvalue weighted by Gasteiger charge is 2.03. The van der Waals surface area contributed by atoms with Crippen molar-refractivity contribution in [2.45, 2.75) is 13.3 Å². The molecule has 0 saturated carbocycles. The first-order valence-electron chi connectivity index (χ1n) is 6.54. The molecule has 0 spiro atoms. The Balaban J connectivity index is 2.26. The monoisotopic (exact) mass is 235 g/mol. The molecule has 3 aromatic carbocycles. The maximum atomic E-state index is 3.50. The number of benzene rings is 3. The fourth-order valence-electron chi connectivity index (χ4n) is 2.45. The lowest BCUT2D eigenvalue weighted by atomic mass is 10.0. The molecular formula is C17H17N. The van der Waals surface area contributed by atoms with Crippen LogP contribution < -0.4 is 5.32 Å². The summed E-state index contributed by atoms with van der Waals surface area (Å²) in [5.74, 6) is 0. The molecule has 0 bridgehead atoms. The minimum absolute atomic E-state index is 1.02. The molecule has 0 atom stereocenters. The number of fused-ring (bicyclic) bond motifs is 3. The van der Waals surface area contributed by atoms with Gasteiger partial charge in [0.15, 0.2) is 0 Å². The SMILES string of the molecule is CCCNc1cccc2c1ccc1ccccc12. The molecule has 0 aromatic heterocycles. The molecule has 0 fully saturated rings. The number of anilines is 1. The predicted octanol–water partition coefficient (Wildman–Crippen LogP) is 4.81. The Bertz CT molecular complexity index is 685. The van der Waals surface area contributed by atoms with Gasteiger partial charge in [-0.15, -0.1) is 0 Å². The maximum Gasteiger partial charge on any atom is 0.0420 e. The number of hydrogen-bond acceptors (Lipinski definition) is 1. The summed E-state index contributed by atoms with van der Waals surface area (Å²) in [7, 11) is 0. The minimum Gasteiger partial charge on any atom is -0.385 e. The summed E-state index contributed by atoms with van der Waals surface area (Å²) in [6.45, 7) is 3.21. The highest BCUT2D eigenvalue weighted by molar-refractivity contribution is 6.11. The highest BCUT2D eigenvalue weighted by atomic mass is 14.9. The van der Waals surface area contributed by atoms with E-state index in [0.29, 0.717) is 0 Å². The molecule has 3 aromatic rings. The number of hydrogen-bond donors (Lipinski definition) is 1. The van der Waals surface area contributed by atoms with Gasteiger partial charge in [-0.1, -0.05) is 55.5 Å². The summed E-state index contributed by atoms with van der Waals surface area (Å²) in [5, 5.41) is 8.77. The molecule has 0 saturated heterocycles. The molecule has 90 valence electrons. The summed E-state index contributed by atoms with van der Waals surface area (Å²) in [5.41, 5.74) is 1.24. The van der Waals surface area contributed by atoms with Crippen molar-refractivity contribution in [1.82, 2.24) is 0 Å². The lowest BCUT2D eigenvalue weighted by Crippen LogP contribution is -1.99. The lowest BCUT2D eigenvalue weighted by Gasteiger charge is -2.10. The van der Waals surface area contributed by atoms with E-state index in [1.54, 1.807) is 0 Å². The van der Waals surface area contributed by atoms with Crippen LogP contribution in [0, 0.1) is 0 Å². The molecule has 0 aliphatic rings. The van der Waals surface area contributed by atoms with Crippen molar-refractivity contribution >= 4 is 27.2 Å². The van der Waals surface area contributed by atoms with Crippen LogP contribution in [-0.2, 0) is 0 Å². The van der Waals surface area contributed by atoms with Crippen molar-refractivity contribution in [3.05, 3.63) is 54.6 Å². The molecule has 1 N–H and O–H groups in total. The van der Waals surface area contributed by atoms with E-state index in [4.69, 9.17) is 0 Å². The van der Waals surface area contributed by atoms with Gasteiger partial charge in [-0.2, -0.15) is 0 Å². The molecule has 0 aliphatic heterocycles. The van der Waals surface area contributed by atoms with E-state index in [0.717, 1.165) is 13.0 Å². The smallest absolute Gasteiger partial charge is 0.0420 e. The molecule has 3 rings (SSSR count). The molecule has 0 heterocycles. The topological polar surface area (TPSA) is 12.0 Å². The summed E-state index contributed by atoms with van der Waals surface area (Å²) in [4.78, 5) is 0. The fraction of sp³-hybridized carbons (Fsp3) is 0.176. The van der Waals surface area contributed by atoms with Gasteiger partial charge >= 0.3 is 0 Å². The second-order valence-electron chi connectivity index (χ2n) is 4.61. The normalized spacial score (nSPS) is 10.9. The summed E-state index contributed by atoms with van der Waals surface area (Å²) in [6.07, 6.45) is 1.14. The zero-order chi connectivity index (χ0) is 12.4. The van der Waals surface area contributed by atoms with E-state index >= 15 is 0 Å². The summed E-state index contributed by atoms with van der Waals surface area (Å²) >= 11 is 0. The molecule has 18 heavy (non-hydrogen) atoms. The Kier molecular flexibility index (Phi) is 2.89. The standard InChI is InChI=1S/C17H17N/c1-2-12-18-17-9-5-8-15-14-7-4-3-6-13(14)10-11-16(15)17/h3-11,18H,2,12H2,1H3. The highest BCUT2D eigenvalue weighted by Crippen LogP contribution is 2.30. The van der Waals surface area contributed by atoms with E-state index in [-0.39, 0.29) is 0 Å². The Morgan fingerprint density at radius 3 is 2.50 bits per heavy atom. The predicted molar refractivity (Wildman–Crippen MR) is 80.2 cm³/mol. The quantitative estimate of drug-likeness (QED) is 0.642. The molecular weight excluding hydrogens is 218 g/mol. The third-order valence-corrected chi connectivity index (χ3v) is 3.35. The molecule has 0 radical (unpaired) electrons. The van der Waals surface area contributed by atoms with Gasteiger partial charge in [-0.3, -0.25) is 0 Å². The van der Waals surface area contributed by atoms with E-state index in [9.17, 15) is 0 Å². The lowest BCUT2D eigenvalue weighted by molar-refractivity contribution is 0.981. The van der Waals surface area contributed by atoms with Crippen molar-refractivity contribution in [2.75, 3.05) is 11.9 Å². The maximum absolute atomic E-state index is 3.50. The van der Waals surface area contributed by atoms with Crippen LogP contribution in [0.4, 0.5) is 5.69 Å². The first-order chi connectivity index (χ1) is 8.90. The van der Waals surface area contributed by atoms with Gasteiger partial charge in [0.1, 0.15) is 0 Å². The average molecular weight is 235 g/mol. The number of nitrogens with one attached hydrogen (secondary N) is 1. The van der Waals surface area contributed by atoms with Crippen molar-refractivity contribution < 1.29 is 0 Å². The van der Waals surface area contributed by atoms with Crippen LogP contribution >= 0.6 is 0 Å². The third kappa shape index (κ3) is 1.82. The first kappa shape index (κ1) is 11.1. The average Bonchev–Trinajstić information content (AvgIpc) is 2.44. The van der Waals surface area contributed by atoms with Crippen molar-refractivity contribution in [1.29, 1.82) is 0 Å². The van der Waals surface area contributed by atoms with Crippen LogP contribution in [0.15, 0.2) is 54.6 Å². The zero-order valence-corrected chi connectivity index (χ0v) is 10.6. The molecule has 1 nitrogen and oxygen atoms in total. The van der Waals surface area contributed by atoms with Gasteiger partial charge in [0.2, 0.25) is 0 Å². The Labute approximate surface area is 107 Å². The van der Waals surface area contributed by atoms with Crippen molar-refractivity contribution in [3.63, 3.8) is 0 Å². The van der Waals surface area contributed by atoms with Gasteiger partial charge in [0.05, 0.1) is 0 Å². The first-order valence-corrected chi connectivity index (χ1v) is 6.54. The number of rotatable bonds is 3. The third-order valence-electron chi connectivity index (χ3n) is 3.35. The largest absolute Gasteiger partial charge is 0.385 e. The van der Waals surface area contributed by atoms with Crippen LogP contribution in [0.2, 0.25) is 0 Å². The Morgan fingerprint density at radius 1 is 0.778 bits per heavy atom.